The number of aromatic nitrogens is 1. The van der Waals surface area contributed by atoms with E-state index in [9.17, 15) is 14.9 Å². The predicted molar refractivity (Wildman–Crippen MR) is 76.1 cm³/mol. The number of piperidine rings is 1. The number of carbonyl (C=O) groups is 1. The number of hydrogen-bond donors (Lipinski definition) is 1. The smallest absolute Gasteiger partial charge is 0.409 e. The summed E-state index contributed by atoms with van der Waals surface area (Å²) < 4.78 is 4.95. The van der Waals surface area contributed by atoms with E-state index in [2.05, 4.69) is 10.3 Å². The van der Waals surface area contributed by atoms with E-state index in [0.29, 0.717) is 25.4 Å². The molecule has 0 atom stereocenters. The first-order valence-corrected chi connectivity index (χ1v) is 6.88. The zero-order valence-corrected chi connectivity index (χ0v) is 11.8. The van der Waals surface area contributed by atoms with Crippen LogP contribution >= 0.6 is 0 Å². The summed E-state index contributed by atoms with van der Waals surface area (Å²) in [5.74, 6) is 0. The van der Waals surface area contributed by atoms with E-state index in [-0.39, 0.29) is 17.8 Å². The van der Waals surface area contributed by atoms with Gasteiger partial charge in [0.05, 0.1) is 11.5 Å². The third-order valence-corrected chi connectivity index (χ3v) is 3.38. The third kappa shape index (κ3) is 3.80. The van der Waals surface area contributed by atoms with Gasteiger partial charge in [0.2, 0.25) is 0 Å². The molecule has 21 heavy (non-hydrogen) atoms. The number of nitro groups is 1. The molecule has 1 aromatic rings. The lowest BCUT2D eigenvalue weighted by atomic mass is 10.1. The molecule has 114 valence electrons. The first-order valence-electron chi connectivity index (χ1n) is 6.88. The Morgan fingerprint density at radius 1 is 1.57 bits per heavy atom. The summed E-state index contributed by atoms with van der Waals surface area (Å²) in [6.45, 7) is 3.29. The highest BCUT2D eigenvalue weighted by atomic mass is 16.6. The summed E-state index contributed by atoms with van der Waals surface area (Å²) in [6.07, 6.45) is 3.89. The van der Waals surface area contributed by atoms with Gasteiger partial charge in [0.15, 0.2) is 0 Å². The number of nitrogens with one attached hydrogen (secondary N) is 1. The van der Waals surface area contributed by atoms with Gasteiger partial charge in [-0.3, -0.25) is 15.1 Å². The summed E-state index contributed by atoms with van der Waals surface area (Å²) >= 11 is 0. The van der Waals surface area contributed by atoms with Crippen molar-refractivity contribution in [3.8, 4) is 0 Å². The fourth-order valence-corrected chi connectivity index (χ4v) is 2.29. The minimum absolute atomic E-state index is 0.0367. The van der Waals surface area contributed by atoms with Crippen molar-refractivity contribution in [3.05, 3.63) is 28.6 Å². The lowest BCUT2D eigenvalue weighted by molar-refractivity contribution is -0.384. The highest BCUT2D eigenvalue weighted by molar-refractivity contribution is 5.67. The molecule has 1 fully saturated rings. The number of ether oxygens (including phenoxy) is 1. The van der Waals surface area contributed by atoms with E-state index in [1.807, 2.05) is 0 Å². The number of hydrogen-bond acceptors (Lipinski definition) is 6. The number of pyridine rings is 1. The maximum Gasteiger partial charge on any atom is 0.409 e. The molecule has 1 N–H and O–H groups in total. The first-order chi connectivity index (χ1) is 10.1. The quantitative estimate of drug-likeness (QED) is 0.674. The van der Waals surface area contributed by atoms with Gasteiger partial charge in [-0.2, -0.15) is 0 Å². The number of amides is 1. The molecule has 8 nitrogen and oxygen atoms in total. The summed E-state index contributed by atoms with van der Waals surface area (Å²) in [4.78, 5) is 27.5. The van der Waals surface area contributed by atoms with Gasteiger partial charge in [-0.25, -0.2) is 4.79 Å². The van der Waals surface area contributed by atoms with Gasteiger partial charge in [-0.05, 0) is 25.8 Å². The average Bonchev–Trinajstić information content (AvgIpc) is 2.48. The minimum atomic E-state index is -0.455. The monoisotopic (exact) mass is 294 g/mol. The Labute approximate surface area is 122 Å². The lowest BCUT2D eigenvalue weighted by Gasteiger charge is -2.31. The molecule has 1 aliphatic rings. The SMILES string of the molecule is CCOC(=O)N1CCC(Nc2ccncc2[N+](=O)[O-])CC1. The maximum absolute atomic E-state index is 11.6. The van der Waals surface area contributed by atoms with Crippen molar-refractivity contribution in [2.75, 3.05) is 25.0 Å². The highest BCUT2D eigenvalue weighted by Crippen LogP contribution is 2.25. The van der Waals surface area contributed by atoms with Crippen LogP contribution in [0.5, 0.6) is 0 Å². The largest absolute Gasteiger partial charge is 0.450 e. The van der Waals surface area contributed by atoms with Crippen LogP contribution in [0.2, 0.25) is 0 Å². The molecule has 1 saturated heterocycles. The van der Waals surface area contributed by atoms with Crippen molar-refractivity contribution in [1.29, 1.82) is 0 Å². The van der Waals surface area contributed by atoms with E-state index in [1.54, 1.807) is 17.9 Å². The van der Waals surface area contributed by atoms with Crippen LogP contribution in [0.3, 0.4) is 0 Å². The standard InChI is InChI=1S/C13H18N4O4/c1-2-21-13(18)16-7-4-10(5-8-16)15-11-3-6-14-9-12(11)17(19)20/h3,6,9-10H,2,4-5,7-8H2,1H3,(H,14,15). The third-order valence-electron chi connectivity index (χ3n) is 3.38. The summed E-state index contributed by atoms with van der Waals surface area (Å²) in [5.41, 5.74) is 0.426. The Morgan fingerprint density at radius 3 is 2.90 bits per heavy atom. The molecule has 0 aromatic carbocycles. The maximum atomic E-state index is 11.6. The van der Waals surface area contributed by atoms with Crippen molar-refractivity contribution in [2.24, 2.45) is 0 Å². The Balaban J connectivity index is 1.92. The summed E-state index contributed by atoms with van der Waals surface area (Å²) in [6, 6.07) is 1.69. The van der Waals surface area contributed by atoms with Crippen LogP contribution in [0.1, 0.15) is 19.8 Å². The van der Waals surface area contributed by atoms with E-state index >= 15 is 0 Å². The number of anilines is 1. The van der Waals surface area contributed by atoms with Gasteiger partial charge in [0.25, 0.3) is 0 Å². The molecule has 2 heterocycles. The molecule has 1 aromatic heterocycles. The van der Waals surface area contributed by atoms with Crippen LogP contribution in [0.15, 0.2) is 18.5 Å². The van der Waals surface area contributed by atoms with Crippen LogP contribution in [0.25, 0.3) is 0 Å². The van der Waals surface area contributed by atoms with Gasteiger partial charge < -0.3 is 15.0 Å². The highest BCUT2D eigenvalue weighted by Gasteiger charge is 2.25. The van der Waals surface area contributed by atoms with Gasteiger partial charge in [-0.1, -0.05) is 0 Å². The summed E-state index contributed by atoms with van der Waals surface area (Å²) in [7, 11) is 0. The van der Waals surface area contributed by atoms with Crippen molar-refractivity contribution < 1.29 is 14.5 Å². The zero-order valence-electron chi connectivity index (χ0n) is 11.8. The fraction of sp³-hybridized carbons (Fsp3) is 0.538. The van der Waals surface area contributed by atoms with Gasteiger partial charge in [0, 0.05) is 25.3 Å². The molecule has 0 radical (unpaired) electrons. The second-order valence-corrected chi connectivity index (χ2v) is 4.75. The van der Waals surface area contributed by atoms with Crippen LogP contribution in [0.4, 0.5) is 16.2 Å². The number of nitrogens with zero attached hydrogens (tertiary/aromatic N) is 3. The first kappa shape index (κ1) is 15.0. The Kier molecular flexibility index (Phi) is 4.91. The second kappa shape index (κ2) is 6.87. The average molecular weight is 294 g/mol. The van der Waals surface area contributed by atoms with Crippen LogP contribution in [-0.2, 0) is 4.74 Å². The second-order valence-electron chi connectivity index (χ2n) is 4.75. The van der Waals surface area contributed by atoms with Gasteiger partial charge in [-0.15, -0.1) is 0 Å². The van der Waals surface area contributed by atoms with E-state index in [1.165, 1.54) is 12.4 Å². The van der Waals surface area contributed by atoms with Gasteiger partial charge >= 0.3 is 11.8 Å². The van der Waals surface area contributed by atoms with E-state index in [0.717, 1.165) is 12.8 Å². The zero-order chi connectivity index (χ0) is 15.2. The molecule has 0 saturated carbocycles. The molecular weight excluding hydrogens is 276 g/mol. The Morgan fingerprint density at radius 2 is 2.29 bits per heavy atom. The minimum Gasteiger partial charge on any atom is -0.450 e. The van der Waals surface area contributed by atoms with Crippen molar-refractivity contribution in [3.63, 3.8) is 0 Å². The van der Waals surface area contributed by atoms with Crippen LogP contribution in [-0.4, -0.2) is 46.6 Å². The van der Waals surface area contributed by atoms with Crippen molar-refractivity contribution in [1.82, 2.24) is 9.88 Å². The fourth-order valence-electron chi connectivity index (χ4n) is 2.29. The Bertz CT molecular complexity index is 515. The molecule has 0 unspecified atom stereocenters. The summed E-state index contributed by atoms with van der Waals surface area (Å²) in [5, 5.41) is 14.1. The molecule has 0 bridgehead atoms. The predicted octanol–water partition coefficient (Wildman–Crippen LogP) is 2.02. The topological polar surface area (TPSA) is 97.6 Å². The number of carbonyl (C=O) groups excluding carboxylic acids is 1. The number of likely N-dealkylation sites (tertiary alicyclic amines) is 1. The van der Waals surface area contributed by atoms with Crippen LogP contribution < -0.4 is 5.32 Å². The number of rotatable bonds is 4. The molecule has 0 aliphatic carbocycles. The normalized spacial score (nSPS) is 15.6. The van der Waals surface area contributed by atoms with Gasteiger partial charge in [0.1, 0.15) is 11.9 Å². The lowest BCUT2D eigenvalue weighted by Crippen LogP contribution is -2.42. The molecule has 0 spiro atoms. The molecule has 1 amide bonds. The molecular formula is C13H18N4O4. The van der Waals surface area contributed by atoms with Crippen LogP contribution in [0, 0.1) is 10.1 Å². The molecule has 2 rings (SSSR count). The van der Waals surface area contributed by atoms with Crippen molar-refractivity contribution in [2.45, 2.75) is 25.8 Å². The van der Waals surface area contributed by atoms with E-state index < -0.39 is 4.92 Å². The Hall–Kier alpha value is -2.38. The molecule has 1 aliphatic heterocycles. The van der Waals surface area contributed by atoms with E-state index in [4.69, 9.17) is 4.74 Å². The van der Waals surface area contributed by atoms with Crippen molar-refractivity contribution >= 4 is 17.5 Å². The molecule has 8 heteroatoms.